The maximum absolute atomic E-state index is 12.5. The zero-order chi connectivity index (χ0) is 18.4. The molecule has 3 nitrogen and oxygen atoms in total. The van der Waals surface area contributed by atoms with Crippen molar-refractivity contribution in [2.45, 2.75) is 44.2 Å². The topological polar surface area (TPSA) is 41.1 Å². The smallest absolute Gasteiger partial charge is 0.325 e. The van der Waals surface area contributed by atoms with Crippen LogP contribution in [-0.2, 0) is 4.79 Å². The maximum atomic E-state index is 12.5. The molecule has 1 aromatic rings. The number of carbonyl (C=O) groups excluding carboxylic acids is 1. The van der Waals surface area contributed by atoms with Crippen LogP contribution in [0.4, 0.5) is 18.9 Å². The fourth-order valence-electron chi connectivity index (χ4n) is 3.05. The molecule has 0 spiro atoms. The molecule has 2 rings (SSSR count). The van der Waals surface area contributed by atoms with E-state index in [1.54, 1.807) is 18.2 Å². The van der Waals surface area contributed by atoms with E-state index in [0.717, 1.165) is 31.5 Å². The van der Waals surface area contributed by atoms with Crippen LogP contribution in [0, 0.1) is 18.8 Å². The fourth-order valence-corrected chi connectivity index (χ4v) is 3.80. The third-order valence-corrected chi connectivity index (χ3v) is 5.59. The van der Waals surface area contributed by atoms with Gasteiger partial charge < -0.3 is 10.6 Å². The maximum Gasteiger partial charge on any atom is 0.398 e. The zero-order valence-corrected chi connectivity index (χ0v) is 15.4. The number of halogens is 3. The van der Waals surface area contributed by atoms with Gasteiger partial charge in [-0.3, -0.25) is 4.79 Å². The number of benzene rings is 1. The number of rotatable bonds is 6. The van der Waals surface area contributed by atoms with Gasteiger partial charge in [0.1, 0.15) is 0 Å². The van der Waals surface area contributed by atoms with Gasteiger partial charge in [0.05, 0.1) is 11.4 Å². The van der Waals surface area contributed by atoms with Crippen molar-refractivity contribution in [2.75, 3.05) is 24.2 Å². The van der Waals surface area contributed by atoms with Crippen LogP contribution in [0.1, 0.15) is 31.7 Å². The summed E-state index contributed by atoms with van der Waals surface area (Å²) in [6, 6.07) is 5.12. The highest BCUT2D eigenvalue weighted by molar-refractivity contribution is 7.99. The van der Waals surface area contributed by atoms with Crippen molar-refractivity contribution < 1.29 is 18.0 Å². The Hall–Kier alpha value is -1.21. The Balaban J connectivity index is 1.97. The molecule has 0 aromatic heterocycles. The highest BCUT2D eigenvalue weighted by atomic mass is 32.2. The molecule has 1 saturated heterocycles. The molecule has 2 atom stereocenters. The number of hydrogen-bond donors (Lipinski definition) is 2. The number of anilines is 1. The zero-order valence-electron chi connectivity index (χ0n) is 14.6. The van der Waals surface area contributed by atoms with E-state index in [0.29, 0.717) is 34.7 Å². The first-order chi connectivity index (χ1) is 11.7. The van der Waals surface area contributed by atoms with Crippen molar-refractivity contribution in [1.82, 2.24) is 5.32 Å². The summed E-state index contributed by atoms with van der Waals surface area (Å²) in [6.45, 7) is 5.86. The number of aryl methyl sites for hydroxylation is 1. The first-order valence-corrected chi connectivity index (χ1v) is 9.54. The van der Waals surface area contributed by atoms with E-state index < -0.39 is 11.9 Å². The van der Waals surface area contributed by atoms with Crippen LogP contribution >= 0.6 is 11.8 Å². The van der Waals surface area contributed by atoms with Crippen LogP contribution < -0.4 is 10.6 Å². The summed E-state index contributed by atoms with van der Waals surface area (Å²) in [5, 5.41) is 6.15. The molecular weight excluding hydrogens is 349 g/mol. The summed E-state index contributed by atoms with van der Waals surface area (Å²) in [4.78, 5) is 12.8. The standard InChI is InChI=1S/C18H25F3N2OS/c1-12-5-6-16(25-11-18(19,20)21)15(8-12)23-17(24)9-13(2)14-4-3-7-22-10-14/h5-6,8,13-14,22H,3-4,7,9-11H2,1-2H3,(H,23,24). The molecule has 7 heteroatoms. The number of amides is 1. The third-order valence-electron chi connectivity index (χ3n) is 4.45. The lowest BCUT2D eigenvalue weighted by atomic mass is 9.85. The average Bonchev–Trinajstić information content (AvgIpc) is 2.54. The normalized spacial score (nSPS) is 19.5. The second-order valence-electron chi connectivity index (χ2n) is 6.74. The molecule has 1 aliphatic rings. The molecule has 1 fully saturated rings. The first kappa shape index (κ1) is 20.1. The Labute approximate surface area is 151 Å². The van der Waals surface area contributed by atoms with Gasteiger partial charge in [-0.2, -0.15) is 13.2 Å². The van der Waals surface area contributed by atoms with E-state index in [1.165, 1.54) is 0 Å². The molecule has 1 amide bonds. The number of hydrogen-bond acceptors (Lipinski definition) is 3. The fraction of sp³-hybridized carbons (Fsp3) is 0.611. The molecule has 0 aliphatic carbocycles. The van der Waals surface area contributed by atoms with E-state index in [-0.39, 0.29) is 11.8 Å². The lowest BCUT2D eigenvalue weighted by Gasteiger charge is -2.28. The molecule has 1 heterocycles. The summed E-state index contributed by atoms with van der Waals surface area (Å²) in [5.74, 6) is -0.402. The largest absolute Gasteiger partial charge is 0.398 e. The molecule has 2 unspecified atom stereocenters. The molecule has 1 aromatic carbocycles. The number of thioether (sulfide) groups is 1. The van der Waals surface area contributed by atoms with Crippen LogP contribution in [0.5, 0.6) is 0 Å². The van der Waals surface area contributed by atoms with Crippen molar-refractivity contribution in [2.24, 2.45) is 11.8 Å². The SMILES string of the molecule is Cc1ccc(SCC(F)(F)F)c(NC(=O)CC(C)C2CCCNC2)c1. The molecule has 2 N–H and O–H groups in total. The van der Waals surface area contributed by atoms with Crippen molar-refractivity contribution in [3.63, 3.8) is 0 Å². The van der Waals surface area contributed by atoms with Gasteiger partial charge in [-0.25, -0.2) is 0 Å². The molecule has 140 valence electrons. The van der Waals surface area contributed by atoms with Crippen molar-refractivity contribution in [3.8, 4) is 0 Å². The van der Waals surface area contributed by atoms with Crippen LogP contribution in [0.25, 0.3) is 0 Å². The summed E-state index contributed by atoms with van der Waals surface area (Å²) in [5.41, 5.74) is 1.37. The van der Waals surface area contributed by atoms with Gasteiger partial charge in [0, 0.05) is 11.3 Å². The Morgan fingerprint density at radius 3 is 2.84 bits per heavy atom. The Morgan fingerprint density at radius 2 is 2.20 bits per heavy atom. The minimum absolute atomic E-state index is 0.141. The van der Waals surface area contributed by atoms with Crippen LogP contribution in [0.3, 0.4) is 0 Å². The van der Waals surface area contributed by atoms with Gasteiger partial charge >= 0.3 is 6.18 Å². The number of nitrogens with one attached hydrogen (secondary N) is 2. The second kappa shape index (κ2) is 8.94. The highest BCUT2D eigenvalue weighted by Crippen LogP contribution is 2.33. The van der Waals surface area contributed by atoms with E-state index in [9.17, 15) is 18.0 Å². The van der Waals surface area contributed by atoms with Crippen LogP contribution in [0.2, 0.25) is 0 Å². The van der Waals surface area contributed by atoms with E-state index in [2.05, 4.69) is 17.6 Å². The summed E-state index contributed by atoms with van der Waals surface area (Å²) >= 11 is 0.702. The van der Waals surface area contributed by atoms with Crippen molar-refractivity contribution in [1.29, 1.82) is 0 Å². The van der Waals surface area contributed by atoms with Gasteiger partial charge in [0.2, 0.25) is 5.91 Å². The predicted octanol–water partition coefficient (Wildman–Crippen LogP) is 4.61. The highest BCUT2D eigenvalue weighted by Gasteiger charge is 2.28. The molecular formula is C18H25F3N2OS. The van der Waals surface area contributed by atoms with Crippen LogP contribution in [0.15, 0.2) is 23.1 Å². The third kappa shape index (κ3) is 6.90. The summed E-state index contributed by atoms with van der Waals surface area (Å²) in [7, 11) is 0. The quantitative estimate of drug-likeness (QED) is 0.714. The Bertz CT molecular complexity index is 586. The molecule has 0 saturated carbocycles. The molecule has 25 heavy (non-hydrogen) atoms. The monoisotopic (exact) mass is 374 g/mol. The van der Waals surface area contributed by atoms with Crippen LogP contribution in [-0.4, -0.2) is 30.9 Å². The molecule has 0 bridgehead atoms. The van der Waals surface area contributed by atoms with Gasteiger partial charge in [0.25, 0.3) is 0 Å². The Morgan fingerprint density at radius 1 is 1.44 bits per heavy atom. The van der Waals surface area contributed by atoms with Crippen molar-refractivity contribution >= 4 is 23.4 Å². The lowest BCUT2D eigenvalue weighted by Crippen LogP contribution is -2.34. The Kier molecular flexibility index (Phi) is 7.19. The average molecular weight is 374 g/mol. The summed E-state index contributed by atoms with van der Waals surface area (Å²) < 4.78 is 37.4. The molecule has 1 aliphatic heterocycles. The van der Waals surface area contributed by atoms with E-state index >= 15 is 0 Å². The minimum Gasteiger partial charge on any atom is -0.325 e. The number of piperidine rings is 1. The molecule has 0 radical (unpaired) electrons. The number of carbonyl (C=O) groups is 1. The van der Waals surface area contributed by atoms with Gasteiger partial charge in [-0.05, 0) is 62.4 Å². The number of alkyl halides is 3. The predicted molar refractivity (Wildman–Crippen MR) is 96.0 cm³/mol. The first-order valence-electron chi connectivity index (χ1n) is 8.55. The van der Waals surface area contributed by atoms with E-state index in [4.69, 9.17) is 0 Å². The van der Waals surface area contributed by atoms with Gasteiger partial charge in [-0.1, -0.05) is 13.0 Å². The van der Waals surface area contributed by atoms with Gasteiger partial charge in [-0.15, -0.1) is 11.8 Å². The minimum atomic E-state index is -4.24. The van der Waals surface area contributed by atoms with E-state index in [1.807, 2.05) is 6.92 Å². The second-order valence-corrected chi connectivity index (χ2v) is 7.76. The van der Waals surface area contributed by atoms with Crippen molar-refractivity contribution in [3.05, 3.63) is 23.8 Å². The lowest BCUT2D eigenvalue weighted by molar-refractivity contribution is -0.117. The van der Waals surface area contributed by atoms with Gasteiger partial charge in [0.15, 0.2) is 0 Å². The summed E-state index contributed by atoms with van der Waals surface area (Å²) in [6.07, 6.45) is -1.63.